The standard InChI is InChI=1S/C16H16Cl2IN3.ClH/c17-12-2-1-11(15(18)7-12)8-20-14-5-6-22(10-14)16-4-3-13(19)9-21-16;/h1-4,7,9,14,20H,5-6,8,10H2;1H/t14-;/m0./s1. The number of benzene rings is 1. The first-order chi connectivity index (χ1) is 10.6. The Hall–Kier alpha value is -0.270. The average Bonchev–Trinajstić information content (AvgIpc) is 2.96. The summed E-state index contributed by atoms with van der Waals surface area (Å²) < 4.78 is 1.16. The van der Waals surface area contributed by atoms with E-state index in [9.17, 15) is 0 Å². The summed E-state index contributed by atoms with van der Waals surface area (Å²) in [5.41, 5.74) is 1.08. The molecule has 0 bridgehead atoms. The number of anilines is 1. The third-order valence-electron chi connectivity index (χ3n) is 3.82. The lowest BCUT2D eigenvalue weighted by Crippen LogP contribution is -2.32. The van der Waals surface area contributed by atoms with Crippen LogP contribution < -0.4 is 10.2 Å². The molecule has 23 heavy (non-hydrogen) atoms. The van der Waals surface area contributed by atoms with Gasteiger partial charge in [0.2, 0.25) is 0 Å². The molecule has 1 aromatic carbocycles. The first-order valence-electron chi connectivity index (χ1n) is 7.15. The molecule has 124 valence electrons. The van der Waals surface area contributed by atoms with E-state index in [0.717, 1.165) is 41.0 Å². The van der Waals surface area contributed by atoms with E-state index >= 15 is 0 Å². The van der Waals surface area contributed by atoms with Crippen molar-refractivity contribution in [2.75, 3.05) is 18.0 Å². The number of hydrogen-bond acceptors (Lipinski definition) is 3. The molecule has 3 nitrogen and oxygen atoms in total. The molecule has 0 amide bonds. The topological polar surface area (TPSA) is 28.2 Å². The summed E-state index contributed by atoms with van der Waals surface area (Å²) in [4.78, 5) is 6.81. The molecule has 1 aromatic heterocycles. The molecule has 0 saturated carbocycles. The maximum atomic E-state index is 6.21. The number of pyridine rings is 1. The molecule has 0 radical (unpaired) electrons. The van der Waals surface area contributed by atoms with E-state index in [0.29, 0.717) is 16.1 Å². The van der Waals surface area contributed by atoms with Crippen molar-refractivity contribution in [2.45, 2.75) is 19.0 Å². The van der Waals surface area contributed by atoms with E-state index in [-0.39, 0.29) is 12.4 Å². The highest BCUT2D eigenvalue weighted by Crippen LogP contribution is 2.22. The quantitative estimate of drug-likeness (QED) is 0.633. The molecule has 1 atom stereocenters. The molecule has 1 aliphatic rings. The van der Waals surface area contributed by atoms with Gasteiger partial charge in [-0.05, 0) is 58.8 Å². The summed E-state index contributed by atoms with van der Waals surface area (Å²) in [6.45, 7) is 2.76. The van der Waals surface area contributed by atoms with E-state index < -0.39 is 0 Å². The molecular weight excluding hydrogens is 467 g/mol. The van der Waals surface area contributed by atoms with Gasteiger partial charge >= 0.3 is 0 Å². The van der Waals surface area contributed by atoms with Crippen molar-refractivity contribution in [2.24, 2.45) is 0 Å². The summed E-state index contributed by atoms with van der Waals surface area (Å²) in [6, 6.07) is 10.3. The zero-order valence-electron chi connectivity index (χ0n) is 12.3. The van der Waals surface area contributed by atoms with Gasteiger partial charge in [-0.15, -0.1) is 12.4 Å². The first-order valence-corrected chi connectivity index (χ1v) is 8.99. The van der Waals surface area contributed by atoms with Gasteiger partial charge in [0, 0.05) is 45.5 Å². The van der Waals surface area contributed by atoms with Crippen LogP contribution >= 0.6 is 58.2 Å². The second-order valence-electron chi connectivity index (χ2n) is 5.38. The van der Waals surface area contributed by atoms with Crippen molar-refractivity contribution in [1.29, 1.82) is 0 Å². The molecule has 0 spiro atoms. The summed E-state index contributed by atoms with van der Waals surface area (Å²) in [7, 11) is 0. The van der Waals surface area contributed by atoms with Crippen LogP contribution in [0.15, 0.2) is 36.5 Å². The van der Waals surface area contributed by atoms with E-state index in [1.807, 2.05) is 18.3 Å². The minimum atomic E-state index is 0. The first kappa shape index (κ1) is 19.1. The molecule has 7 heteroatoms. The second-order valence-corrected chi connectivity index (χ2v) is 7.47. The van der Waals surface area contributed by atoms with Gasteiger partial charge in [0.25, 0.3) is 0 Å². The summed E-state index contributed by atoms with van der Waals surface area (Å²) in [6.07, 6.45) is 3.02. The number of hydrogen-bond donors (Lipinski definition) is 1. The number of nitrogens with one attached hydrogen (secondary N) is 1. The minimum absolute atomic E-state index is 0. The average molecular weight is 485 g/mol. The number of aromatic nitrogens is 1. The van der Waals surface area contributed by atoms with Crippen molar-refractivity contribution in [1.82, 2.24) is 10.3 Å². The zero-order chi connectivity index (χ0) is 15.5. The monoisotopic (exact) mass is 483 g/mol. The SMILES string of the molecule is Cl.Clc1ccc(CN[C@H]2CCN(c3ccc(I)cn3)C2)c(Cl)c1. The maximum absolute atomic E-state index is 6.21. The lowest BCUT2D eigenvalue weighted by molar-refractivity contribution is 0.551. The fourth-order valence-electron chi connectivity index (χ4n) is 2.61. The van der Waals surface area contributed by atoms with Gasteiger partial charge < -0.3 is 10.2 Å². The lowest BCUT2D eigenvalue weighted by atomic mass is 10.2. The molecule has 3 rings (SSSR count). The van der Waals surface area contributed by atoms with Crippen LogP contribution in [0.25, 0.3) is 0 Å². The van der Waals surface area contributed by atoms with Crippen LogP contribution in [0, 0.1) is 3.57 Å². The molecule has 0 aliphatic carbocycles. The Balaban J connectivity index is 0.00000192. The van der Waals surface area contributed by atoms with E-state index in [1.54, 1.807) is 6.07 Å². The largest absolute Gasteiger partial charge is 0.355 e. The summed E-state index contributed by atoms with van der Waals surface area (Å²) >= 11 is 14.4. The van der Waals surface area contributed by atoms with E-state index in [1.165, 1.54) is 0 Å². The van der Waals surface area contributed by atoms with Crippen LogP contribution in [0.1, 0.15) is 12.0 Å². The van der Waals surface area contributed by atoms with Gasteiger partial charge in [0.05, 0.1) is 0 Å². The number of rotatable bonds is 4. The van der Waals surface area contributed by atoms with Gasteiger partial charge in [-0.2, -0.15) is 0 Å². The van der Waals surface area contributed by atoms with Crippen molar-refractivity contribution in [3.05, 3.63) is 55.7 Å². The van der Waals surface area contributed by atoms with Crippen LogP contribution in [-0.2, 0) is 6.54 Å². The van der Waals surface area contributed by atoms with Crippen molar-refractivity contribution < 1.29 is 0 Å². The van der Waals surface area contributed by atoms with Gasteiger partial charge in [0.1, 0.15) is 5.82 Å². The maximum Gasteiger partial charge on any atom is 0.128 e. The zero-order valence-corrected chi connectivity index (χ0v) is 16.8. The van der Waals surface area contributed by atoms with E-state index in [4.69, 9.17) is 23.2 Å². The van der Waals surface area contributed by atoms with Gasteiger partial charge in [0.15, 0.2) is 0 Å². The summed E-state index contributed by atoms with van der Waals surface area (Å²) in [5, 5.41) is 4.96. The molecule has 1 N–H and O–H groups in total. The molecule has 1 fully saturated rings. The predicted molar refractivity (Wildman–Crippen MR) is 108 cm³/mol. The van der Waals surface area contributed by atoms with Gasteiger partial charge in [-0.3, -0.25) is 0 Å². The van der Waals surface area contributed by atoms with Crippen LogP contribution in [0.5, 0.6) is 0 Å². The minimum Gasteiger partial charge on any atom is -0.355 e. The Morgan fingerprint density at radius 2 is 2.09 bits per heavy atom. The Kier molecular flexibility index (Phi) is 7.22. The number of nitrogens with zero attached hydrogens (tertiary/aromatic N) is 2. The lowest BCUT2D eigenvalue weighted by Gasteiger charge is -2.18. The highest BCUT2D eigenvalue weighted by Gasteiger charge is 2.23. The normalized spacial score (nSPS) is 17.2. The highest BCUT2D eigenvalue weighted by molar-refractivity contribution is 14.1. The Bertz CT molecular complexity index is 652. The fourth-order valence-corrected chi connectivity index (χ4v) is 3.40. The Morgan fingerprint density at radius 3 is 2.78 bits per heavy atom. The smallest absolute Gasteiger partial charge is 0.128 e. The third-order valence-corrected chi connectivity index (χ3v) is 5.05. The van der Waals surface area contributed by atoms with Crippen molar-refractivity contribution >= 4 is 64.0 Å². The molecule has 2 aromatic rings. The van der Waals surface area contributed by atoms with Crippen molar-refractivity contribution in [3.63, 3.8) is 0 Å². The van der Waals surface area contributed by atoms with E-state index in [2.05, 4.69) is 49.9 Å². The highest BCUT2D eigenvalue weighted by atomic mass is 127. The molecule has 2 heterocycles. The van der Waals surface area contributed by atoms with Crippen molar-refractivity contribution in [3.8, 4) is 0 Å². The van der Waals surface area contributed by atoms with Gasteiger partial charge in [-0.1, -0.05) is 29.3 Å². The van der Waals surface area contributed by atoms with Crippen LogP contribution in [0.3, 0.4) is 0 Å². The molecule has 0 unspecified atom stereocenters. The van der Waals surface area contributed by atoms with Crippen LogP contribution in [0.4, 0.5) is 5.82 Å². The second kappa shape index (κ2) is 8.72. The Labute approximate surface area is 166 Å². The summed E-state index contributed by atoms with van der Waals surface area (Å²) in [5.74, 6) is 1.05. The molecular formula is C16H17Cl3IN3. The third kappa shape index (κ3) is 5.10. The Morgan fingerprint density at radius 1 is 1.26 bits per heavy atom. The fraction of sp³-hybridized carbons (Fsp3) is 0.312. The molecule has 1 aliphatic heterocycles. The predicted octanol–water partition coefficient (Wildman–Crippen LogP) is 4.78. The van der Waals surface area contributed by atoms with Crippen LogP contribution in [0.2, 0.25) is 10.0 Å². The van der Waals surface area contributed by atoms with Gasteiger partial charge in [-0.25, -0.2) is 4.98 Å². The van der Waals surface area contributed by atoms with Crippen LogP contribution in [-0.4, -0.2) is 24.1 Å². The molecule has 1 saturated heterocycles. The number of halogens is 4.